The van der Waals surface area contributed by atoms with E-state index in [1.807, 2.05) is 0 Å². The summed E-state index contributed by atoms with van der Waals surface area (Å²) in [6.07, 6.45) is 0. The third-order valence-electron chi connectivity index (χ3n) is 2.90. The molecule has 1 heterocycles. The van der Waals surface area contributed by atoms with Crippen LogP contribution in [0.3, 0.4) is 0 Å². The molecule has 20 heavy (non-hydrogen) atoms. The number of hydrogen-bond acceptors (Lipinski definition) is 5. The predicted octanol–water partition coefficient (Wildman–Crippen LogP) is 0.690. The van der Waals surface area contributed by atoms with Gasteiger partial charge in [0.15, 0.2) is 0 Å². The van der Waals surface area contributed by atoms with Gasteiger partial charge in [-0.05, 0) is 0 Å². The van der Waals surface area contributed by atoms with E-state index in [0.717, 1.165) is 0 Å². The Labute approximate surface area is 117 Å². The van der Waals surface area contributed by atoms with E-state index in [-0.39, 0.29) is 30.2 Å². The van der Waals surface area contributed by atoms with E-state index in [1.54, 1.807) is 20.8 Å². The van der Waals surface area contributed by atoms with Gasteiger partial charge in [-0.25, -0.2) is 0 Å². The number of aliphatic hydroxyl groups is 1. The first-order valence-corrected chi connectivity index (χ1v) is 6.19. The summed E-state index contributed by atoms with van der Waals surface area (Å²) in [7, 11) is 2.98. The number of carbonyl (C=O) groups excluding carboxylic acids is 1. The molecule has 8 nitrogen and oxygen atoms in total. The summed E-state index contributed by atoms with van der Waals surface area (Å²) in [5.41, 5.74) is -0.620. The molecule has 0 aliphatic heterocycles. The average molecular weight is 284 g/mol. The molecular formula is C12H20N4O4. The predicted molar refractivity (Wildman–Crippen MR) is 72.6 cm³/mol. The lowest BCUT2D eigenvalue weighted by Gasteiger charge is -2.15. The van der Waals surface area contributed by atoms with Crippen molar-refractivity contribution in [3.63, 3.8) is 0 Å². The van der Waals surface area contributed by atoms with Gasteiger partial charge in [-0.2, -0.15) is 5.10 Å². The van der Waals surface area contributed by atoms with Crippen LogP contribution in [0.25, 0.3) is 0 Å². The van der Waals surface area contributed by atoms with Crippen molar-refractivity contribution in [2.45, 2.75) is 26.2 Å². The average Bonchev–Trinajstić information content (AvgIpc) is 2.66. The molecule has 0 fully saturated rings. The standard InChI is InChI=1S/C12H20N4O4/c1-12(2,3)10-8(16(19)20)9(15(5)13-10)11(18)14(4)6-7-17/h17H,6-7H2,1-5H3. The molecule has 0 aliphatic rings. The minimum Gasteiger partial charge on any atom is -0.395 e. The summed E-state index contributed by atoms with van der Waals surface area (Å²) in [5, 5.41) is 24.3. The number of amides is 1. The summed E-state index contributed by atoms with van der Waals surface area (Å²) in [5.74, 6) is -0.531. The molecule has 0 radical (unpaired) electrons. The van der Waals surface area contributed by atoms with Crippen molar-refractivity contribution < 1.29 is 14.8 Å². The maximum absolute atomic E-state index is 12.3. The van der Waals surface area contributed by atoms with Gasteiger partial charge in [0.05, 0.1) is 11.5 Å². The zero-order chi connectivity index (χ0) is 15.7. The number of likely N-dealkylation sites (N-methyl/N-ethyl adjacent to an activating group) is 1. The quantitative estimate of drug-likeness (QED) is 0.647. The minimum atomic E-state index is -0.576. The molecule has 8 heteroatoms. The van der Waals surface area contributed by atoms with Gasteiger partial charge in [0.25, 0.3) is 5.91 Å². The lowest BCUT2D eigenvalue weighted by Crippen LogP contribution is -2.31. The van der Waals surface area contributed by atoms with Crippen LogP contribution in [0.15, 0.2) is 0 Å². The number of aromatic nitrogens is 2. The fourth-order valence-electron chi connectivity index (χ4n) is 1.86. The van der Waals surface area contributed by atoms with Crippen molar-refractivity contribution in [1.29, 1.82) is 0 Å². The summed E-state index contributed by atoms with van der Waals surface area (Å²) in [6.45, 7) is 5.29. The molecular weight excluding hydrogens is 264 g/mol. The molecule has 0 saturated heterocycles. The first-order valence-electron chi connectivity index (χ1n) is 6.19. The van der Waals surface area contributed by atoms with Gasteiger partial charge in [0, 0.05) is 26.1 Å². The number of carbonyl (C=O) groups is 1. The van der Waals surface area contributed by atoms with Crippen LogP contribution < -0.4 is 0 Å². The maximum atomic E-state index is 12.3. The van der Waals surface area contributed by atoms with E-state index in [9.17, 15) is 14.9 Å². The third-order valence-corrected chi connectivity index (χ3v) is 2.90. The highest BCUT2D eigenvalue weighted by Crippen LogP contribution is 2.33. The van der Waals surface area contributed by atoms with Crippen molar-refractivity contribution >= 4 is 11.6 Å². The second kappa shape index (κ2) is 5.58. The number of aryl methyl sites for hydroxylation is 1. The van der Waals surface area contributed by atoms with Gasteiger partial charge < -0.3 is 10.0 Å². The Balaban J connectivity index is 3.44. The molecule has 0 spiro atoms. The fraction of sp³-hybridized carbons (Fsp3) is 0.667. The van der Waals surface area contributed by atoms with Gasteiger partial charge in [0.1, 0.15) is 5.69 Å². The Hall–Kier alpha value is -1.96. The molecule has 1 N–H and O–H groups in total. The zero-order valence-corrected chi connectivity index (χ0v) is 12.4. The molecule has 0 aromatic carbocycles. The molecule has 1 rings (SSSR count). The number of aliphatic hydroxyl groups excluding tert-OH is 1. The van der Waals surface area contributed by atoms with E-state index in [4.69, 9.17) is 5.11 Å². The van der Waals surface area contributed by atoms with Crippen LogP contribution in [-0.4, -0.2) is 50.8 Å². The molecule has 0 bridgehead atoms. The molecule has 1 aromatic heterocycles. The molecule has 0 saturated carbocycles. The van der Waals surface area contributed by atoms with Crippen molar-refractivity contribution in [3.8, 4) is 0 Å². The Morgan fingerprint density at radius 1 is 1.50 bits per heavy atom. The van der Waals surface area contributed by atoms with Crippen molar-refractivity contribution in [1.82, 2.24) is 14.7 Å². The Bertz CT molecular complexity index is 530. The minimum absolute atomic E-state index is 0.0733. The van der Waals surface area contributed by atoms with Crippen LogP contribution in [-0.2, 0) is 12.5 Å². The topological polar surface area (TPSA) is 102 Å². The van der Waals surface area contributed by atoms with Crippen LogP contribution in [0.2, 0.25) is 0 Å². The molecule has 0 aliphatic carbocycles. The van der Waals surface area contributed by atoms with E-state index >= 15 is 0 Å². The summed E-state index contributed by atoms with van der Waals surface area (Å²) >= 11 is 0. The van der Waals surface area contributed by atoms with Crippen LogP contribution in [0.4, 0.5) is 5.69 Å². The fourth-order valence-corrected chi connectivity index (χ4v) is 1.86. The number of nitrogens with zero attached hydrogens (tertiary/aromatic N) is 4. The molecule has 1 aromatic rings. The Kier molecular flexibility index (Phi) is 4.49. The Morgan fingerprint density at radius 3 is 2.45 bits per heavy atom. The smallest absolute Gasteiger partial charge is 0.323 e. The van der Waals surface area contributed by atoms with Crippen molar-refractivity contribution in [3.05, 3.63) is 21.5 Å². The SMILES string of the molecule is CN(CCO)C(=O)c1c([N+](=O)[O-])c(C(C)(C)C)nn1C. The summed E-state index contributed by atoms with van der Waals surface area (Å²) < 4.78 is 1.23. The highest BCUT2D eigenvalue weighted by molar-refractivity contribution is 5.96. The van der Waals surface area contributed by atoms with Gasteiger partial charge in [-0.15, -0.1) is 0 Å². The highest BCUT2D eigenvalue weighted by atomic mass is 16.6. The zero-order valence-electron chi connectivity index (χ0n) is 12.4. The molecule has 1 amide bonds. The third kappa shape index (κ3) is 2.96. The molecule has 112 valence electrons. The van der Waals surface area contributed by atoms with E-state index < -0.39 is 16.2 Å². The normalized spacial score (nSPS) is 11.5. The van der Waals surface area contributed by atoms with Crippen LogP contribution in [0, 0.1) is 10.1 Å². The molecule has 0 atom stereocenters. The van der Waals surface area contributed by atoms with E-state index in [0.29, 0.717) is 0 Å². The van der Waals surface area contributed by atoms with Crippen molar-refractivity contribution in [2.24, 2.45) is 7.05 Å². The lowest BCUT2D eigenvalue weighted by atomic mass is 9.91. The summed E-state index contributed by atoms with van der Waals surface area (Å²) in [6, 6.07) is 0. The van der Waals surface area contributed by atoms with Crippen LogP contribution in [0.5, 0.6) is 0 Å². The van der Waals surface area contributed by atoms with E-state index in [1.165, 1.54) is 23.7 Å². The lowest BCUT2D eigenvalue weighted by molar-refractivity contribution is -0.386. The number of nitro groups is 1. The number of rotatable bonds is 4. The van der Waals surface area contributed by atoms with Gasteiger partial charge >= 0.3 is 5.69 Å². The van der Waals surface area contributed by atoms with Crippen LogP contribution >= 0.6 is 0 Å². The first-order chi connectivity index (χ1) is 9.11. The number of hydrogen-bond donors (Lipinski definition) is 1. The largest absolute Gasteiger partial charge is 0.395 e. The second-order valence-electron chi connectivity index (χ2n) is 5.63. The van der Waals surface area contributed by atoms with Gasteiger partial charge in [-0.3, -0.25) is 19.6 Å². The van der Waals surface area contributed by atoms with Crippen LogP contribution in [0.1, 0.15) is 37.0 Å². The second-order valence-corrected chi connectivity index (χ2v) is 5.63. The first kappa shape index (κ1) is 16.1. The maximum Gasteiger partial charge on any atom is 0.323 e. The van der Waals surface area contributed by atoms with Crippen molar-refractivity contribution in [2.75, 3.05) is 20.2 Å². The Morgan fingerprint density at radius 2 is 2.05 bits per heavy atom. The van der Waals surface area contributed by atoms with Gasteiger partial charge in [-0.1, -0.05) is 20.8 Å². The highest BCUT2D eigenvalue weighted by Gasteiger charge is 2.37. The summed E-state index contributed by atoms with van der Waals surface area (Å²) in [4.78, 5) is 24.2. The molecule has 0 unspecified atom stereocenters. The van der Waals surface area contributed by atoms with E-state index in [2.05, 4.69) is 5.10 Å². The monoisotopic (exact) mass is 284 g/mol. The van der Waals surface area contributed by atoms with Gasteiger partial charge in [0.2, 0.25) is 5.69 Å².